The highest BCUT2D eigenvalue weighted by molar-refractivity contribution is 5.77. The topological polar surface area (TPSA) is 31.9 Å². The molecule has 2 aromatic rings. The third-order valence-electron chi connectivity index (χ3n) is 4.09. The summed E-state index contributed by atoms with van der Waals surface area (Å²) in [5, 5.41) is 0. The summed E-state index contributed by atoms with van der Waals surface area (Å²) in [7, 11) is 2.13. The lowest BCUT2D eigenvalue weighted by Gasteiger charge is -2.18. The smallest absolute Gasteiger partial charge is 0.203 e. The van der Waals surface area contributed by atoms with Gasteiger partial charge in [0, 0.05) is 13.6 Å². The van der Waals surface area contributed by atoms with Gasteiger partial charge in [-0.25, -0.2) is 4.98 Å². The number of nitrogens with one attached hydrogen (secondary N) is 1. The van der Waals surface area contributed by atoms with E-state index in [0.717, 1.165) is 29.4 Å². The maximum Gasteiger partial charge on any atom is 0.203 e. The van der Waals surface area contributed by atoms with Crippen molar-refractivity contribution in [1.29, 1.82) is 0 Å². The van der Waals surface area contributed by atoms with Crippen LogP contribution in [0.3, 0.4) is 0 Å². The van der Waals surface area contributed by atoms with Crippen molar-refractivity contribution in [3.05, 3.63) is 24.3 Å². The molecule has 0 radical (unpaired) electrons. The lowest BCUT2D eigenvalue weighted by atomic mass is 10.0. The number of aromatic amines is 1. The molecule has 1 aliphatic carbocycles. The summed E-state index contributed by atoms with van der Waals surface area (Å²) in [5.41, 5.74) is 2.18. The summed E-state index contributed by atoms with van der Waals surface area (Å²) in [6, 6.07) is 8.21. The number of para-hydroxylation sites is 2. The van der Waals surface area contributed by atoms with Gasteiger partial charge < -0.3 is 9.88 Å². The molecule has 1 heterocycles. The first-order valence-electron chi connectivity index (χ1n) is 6.99. The molecule has 0 atom stereocenters. The van der Waals surface area contributed by atoms with Crippen molar-refractivity contribution in [2.24, 2.45) is 5.92 Å². The molecule has 3 nitrogen and oxygen atoms in total. The van der Waals surface area contributed by atoms with E-state index in [9.17, 15) is 0 Å². The van der Waals surface area contributed by atoms with Crippen LogP contribution in [-0.4, -0.2) is 23.6 Å². The molecule has 0 saturated heterocycles. The molecule has 1 aromatic carbocycles. The van der Waals surface area contributed by atoms with Crippen LogP contribution in [0.2, 0.25) is 0 Å². The van der Waals surface area contributed by atoms with Gasteiger partial charge in [0.2, 0.25) is 5.95 Å². The molecule has 0 amide bonds. The molecule has 3 rings (SSSR count). The number of nitrogens with zero attached hydrogens (tertiary/aromatic N) is 2. The monoisotopic (exact) mass is 243 g/mol. The van der Waals surface area contributed by atoms with Crippen LogP contribution in [0.15, 0.2) is 24.3 Å². The Hall–Kier alpha value is -1.51. The first kappa shape index (κ1) is 11.6. The first-order chi connectivity index (χ1) is 8.83. The Balaban J connectivity index is 1.65. The van der Waals surface area contributed by atoms with Gasteiger partial charge >= 0.3 is 0 Å². The van der Waals surface area contributed by atoms with Crippen molar-refractivity contribution in [3.63, 3.8) is 0 Å². The average Bonchev–Trinajstić information content (AvgIpc) is 3.04. The second-order valence-corrected chi connectivity index (χ2v) is 5.44. The molecule has 0 aliphatic heterocycles. The normalized spacial score (nSPS) is 16.5. The summed E-state index contributed by atoms with van der Waals surface area (Å²) >= 11 is 0. The van der Waals surface area contributed by atoms with Crippen LogP contribution in [0.4, 0.5) is 5.95 Å². The van der Waals surface area contributed by atoms with Gasteiger partial charge in [-0.1, -0.05) is 37.8 Å². The lowest BCUT2D eigenvalue weighted by Crippen LogP contribution is -2.21. The van der Waals surface area contributed by atoms with Crippen molar-refractivity contribution in [2.75, 3.05) is 18.5 Å². The SMILES string of the molecule is CN(CCC1CCCC1)c1nc2ccccc2[nH]1. The molecule has 1 N–H and O–H groups in total. The predicted molar refractivity (Wildman–Crippen MR) is 75.9 cm³/mol. The summed E-state index contributed by atoms with van der Waals surface area (Å²) in [4.78, 5) is 10.3. The number of rotatable bonds is 4. The standard InChI is InChI=1S/C15H21N3/c1-18(11-10-12-6-2-3-7-12)15-16-13-8-4-5-9-14(13)17-15/h4-5,8-9,12H,2-3,6-7,10-11H2,1H3,(H,16,17). The Morgan fingerprint density at radius 3 is 2.83 bits per heavy atom. The Morgan fingerprint density at radius 2 is 2.06 bits per heavy atom. The molecule has 1 aromatic heterocycles. The summed E-state index contributed by atoms with van der Waals surface area (Å²) in [5.74, 6) is 1.94. The minimum Gasteiger partial charge on any atom is -0.345 e. The zero-order valence-electron chi connectivity index (χ0n) is 11.0. The summed E-state index contributed by atoms with van der Waals surface area (Å²) < 4.78 is 0. The number of hydrogen-bond donors (Lipinski definition) is 1. The molecule has 0 unspecified atom stereocenters. The first-order valence-corrected chi connectivity index (χ1v) is 6.99. The number of benzene rings is 1. The highest BCUT2D eigenvalue weighted by Crippen LogP contribution is 2.28. The third kappa shape index (κ3) is 2.35. The second kappa shape index (κ2) is 5.01. The maximum absolute atomic E-state index is 4.63. The van der Waals surface area contributed by atoms with E-state index in [1.54, 1.807) is 0 Å². The largest absolute Gasteiger partial charge is 0.345 e. The van der Waals surface area contributed by atoms with Gasteiger partial charge in [-0.2, -0.15) is 0 Å². The predicted octanol–water partition coefficient (Wildman–Crippen LogP) is 3.58. The van der Waals surface area contributed by atoms with Gasteiger partial charge in [-0.15, -0.1) is 0 Å². The molecule has 96 valence electrons. The van der Waals surface area contributed by atoms with E-state index in [-0.39, 0.29) is 0 Å². The van der Waals surface area contributed by atoms with Crippen LogP contribution in [0.5, 0.6) is 0 Å². The van der Waals surface area contributed by atoms with Crippen molar-refractivity contribution in [2.45, 2.75) is 32.1 Å². The molecule has 1 aliphatic rings. The number of imidazole rings is 1. The van der Waals surface area contributed by atoms with E-state index in [2.05, 4.69) is 34.0 Å². The van der Waals surface area contributed by atoms with Gasteiger partial charge in [0.05, 0.1) is 11.0 Å². The number of anilines is 1. The van der Waals surface area contributed by atoms with E-state index in [1.165, 1.54) is 32.1 Å². The maximum atomic E-state index is 4.63. The number of hydrogen-bond acceptors (Lipinski definition) is 2. The lowest BCUT2D eigenvalue weighted by molar-refractivity contribution is 0.504. The molecular weight excluding hydrogens is 222 g/mol. The quantitative estimate of drug-likeness (QED) is 0.890. The van der Waals surface area contributed by atoms with Gasteiger partial charge in [-0.3, -0.25) is 0 Å². The van der Waals surface area contributed by atoms with Gasteiger partial charge in [0.15, 0.2) is 0 Å². The average molecular weight is 243 g/mol. The zero-order valence-corrected chi connectivity index (χ0v) is 11.0. The number of fused-ring (bicyclic) bond motifs is 1. The number of H-pyrrole nitrogens is 1. The minimum atomic E-state index is 0.942. The fourth-order valence-electron chi connectivity index (χ4n) is 2.90. The van der Waals surface area contributed by atoms with Crippen LogP contribution in [0.25, 0.3) is 11.0 Å². The van der Waals surface area contributed by atoms with Crippen molar-refractivity contribution >= 4 is 17.0 Å². The van der Waals surface area contributed by atoms with Crippen molar-refractivity contribution < 1.29 is 0 Å². The second-order valence-electron chi connectivity index (χ2n) is 5.44. The molecule has 0 spiro atoms. The minimum absolute atomic E-state index is 0.942. The Morgan fingerprint density at radius 1 is 1.28 bits per heavy atom. The Labute approximate surface area is 108 Å². The van der Waals surface area contributed by atoms with Crippen LogP contribution in [0.1, 0.15) is 32.1 Å². The fourth-order valence-corrected chi connectivity index (χ4v) is 2.90. The summed E-state index contributed by atoms with van der Waals surface area (Å²) in [6.07, 6.45) is 7.01. The summed E-state index contributed by atoms with van der Waals surface area (Å²) in [6.45, 7) is 1.10. The van der Waals surface area contributed by atoms with Crippen molar-refractivity contribution in [3.8, 4) is 0 Å². The molecule has 18 heavy (non-hydrogen) atoms. The number of aromatic nitrogens is 2. The van der Waals surface area contributed by atoms with E-state index >= 15 is 0 Å². The van der Waals surface area contributed by atoms with Gasteiger partial charge in [-0.05, 0) is 24.5 Å². The van der Waals surface area contributed by atoms with E-state index in [0.29, 0.717) is 0 Å². The molecule has 1 saturated carbocycles. The van der Waals surface area contributed by atoms with Crippen LogP contribution in [0, 0.1) is 5.92 Å². The van der Waals surface area contributed by atoms with Gasteiger partial charge in [0.1, 0.15) is 0 Å². The highest BCUT2D eigenvalue weighted by atomic mass is 15.2. The van der Waals surface area contributed by atoms with Crippen LogP contribution < -0.4 is 4.90 Å². The third-order valence-corrected chi connectivity index (χ3v) is 4.09. The van der Waals surface area contributed by atoms with Crippen LogP contribution in [-0.2, 0) is 0 Å². The molecular formula is C15H21N3. The van der Waals surface area contributed by atoms with Crippen molar-refractivity contribution in [1.82, 2.24) is 9.97 Å². The molecule has 1 fully saturated rings. The van der Waals surface area contributed by atoms with E-state index < -0.39 is 0 Å². The molecule has 0 bridgehead atoms. The highest BCUT2D eigenvalue weighted by Gasteiger charge is 2.16. The van der Waals surface area contributed by atoms with E-state index in [4.69, 9.17) is 0 Å². The molecule has 3 heteroatoms. The van der Waals surface area contributed by atoms with Gasteiger partial charge in [0.25, 0.3) is 0 Å². The Bertz CT molecular complexity index is 478. The van der Waals surface area contributed by atoms with E-state index in [1.807, 2.05) is 12.1 Å². The van der Waals surface area contributed by atoms with Crippen LogP contribution >= 0.6 is 0 Å². The Kier molecular flexibility index (Phi) is 3.22. The zero-order chi connectivity index (χ0) is 12.4. The fraction of sp³-hybridized carbons (Fsp3) is 0.533.